The minimum Gasteiger partial charge on any atom is -0.497 e. The number of carbonyl (C=O) groups excluding carboxylic acids is 1. The van der Waals surface area contributed by atoms with Crippen LogP contribution in [0.3, 0.4) is 0 Å². The van der Waals surface area contributed by atoms with Gasteiger partial charge in [0.2, 0.25) is 5.91 Å². The van der Waals surface area contributed by atoms with Gasteiger partial charge < -0.3 is 14.6 Å². The van der Waals surface area contributed by atoms with E-state index < -0.39 is 0 Å². The van der Waals surface area contributed by atoms with E-state index in [-0.39, 0.29) is 5.91 Å². The summed E-state index contributed by atoms with van der Waals surface area (Å²) in [7, 11) is 1.61. The Labute approximate surface area is 105 Å². The summed E-state index contributed by atoms with van der Waals surface area (Å²) in [6.45, 7) is 0.627. The minimum atomic E-state index is -0.0196. The van der Waals surface area contributed by atoms with Crippen LogP contribution in [0.1, 0.15) is 6.42 Å². The molecule has 1 heterocycles. The van der Waals surface area contributed by atoms with E-state index in [0.29, 0.717) is 13.0 Å². The normalized spacial score (nSPS) is 10.1. The lowest BCUT2D eigenvalue weighted by Gasteiger charge is -2.06. The quantitative estimate of drug-likeness (QED) is 0.875. The van der Waals surface area contributed by atoms with Gasteiger partial charge in [-0.3, -0.25) is 4.79 Å². The van der Waals surface area contributed by atoms with Crippen molar-refractivity contribution in [2.45, 2.75) is 13.0 Å². The monoisotopic (exact) mass is 245 g/mol. The van der Waals surface area contributed by atoms with Gasteiger partial charge in [0.1, 0.15) is 5.75 Å². The van der Waals surface area contributed by atoms with Crippen LogP contribution in [-0.4, -0.2) is 22.6 Å². The van der Waals surface area contributed by atoms with Gasteiger partial charge in [0.25, 0.3) is 0 Å². The van der Waals surface area contributed by atoms with E-state index in [2.05, 4.69) is 10.3 Å². The van der Waals surface area contributed by atoms with E-state index in [0.717, 1.165) is 11.4 Å². The molecule has 0 saturated carbocycles. The van der Waals surface area contributed by atoms with Gasteiger partial charge in [-0.25, -0.2) is 4.98 Å². The van der Waals surface area contributed by atoms with Gasteiger partial charge in [0.15, 0.2) is 0 Å². The second-order valence-corrected chi connectivity index (χ2v) is 3.83. The average molecular weight is 245 g/mol. The highest BCUT2D eigenvalue weighted by molar-refractivity contribution is 5.90. The molecule has 0 unspecified atom stereocenters. The Balaban J connectivity index is 1.83. The first-order valence-corrected chi connectivity index (χ1v) is 5.67. The van der Waals surface area contributed by atoms with Crippen LogP contribution in [0.15, 0.2) is 43.0 Å². The van der Waals surface area contributed by atoms with Crippen LogP contribution in [0.5, 0.6) is 5.75 Å². The van der Waals surface area contributed by atoms with Gasteiger partial charge in [0, 0.05) is 31.0 Å². The molecule has 0 bridgehead atoms. The van der Waals surface area contributed by atoms with E-state index in [9.17, 15) is 4.79 Å². The van der Waals surface area contributed by atoms with Crippen LogP contribution in [0.4, 0.5) is 5.69 Å². The first kappa shape index (κ1) is 12.2. The predicted molar refractivity (Wildman–Crippen MR) is 68.5 cm³/mol. The molecule has 5 nitrogen and oxygen atoms in total. The molecular formula is C13H15N3O2. The highest BCUT2D eigenvalue weighted by Crippen LogP contribution is 2.15. The van der Waals surface area contributed by atoms with Gasteiger partial charge in [-0.1, -0.05) is 0 Å². The number of hydrogen-bond acceptors (Lipinski definition) is 3. The number of ether oxygens (including phenoxy) is 1. The third kappa shape index (κ3) is 3.35. The number of aryl methyl sites for hydroxylation is 1. The molecule has 5 heteroatoms. The number of amides is 1. The molecule has 0 aliphatic carbocycles. The lowest BCUT2D eigenvalue weighted by atomic mass is 10.3. The molecular weight excluding hydrogens is 230 g/mol. The van der Waals surface area contributed by atoms with Crippen LogP contribution < -0.4 is 10.1 Å². The first-order chi connectivity index (χ1) is 8.78. The fourth-order valence-corrected chi connectivity index (χ4v) is 1.55. The SMILES string of the molecule is COc1ccc(NC(=O)CCn2ccnc2)cc1. The Morgan fingerprint density at radius 3 is 2.78 bits per heavy atom. The summed E-state index contributed by atoms with van der Waals surface area (Å²) in [5.41, 5.74) is 0.770. The zero-order valence-corrected chi connectivity index (χ0v) is 10.2. The standard InChI is InChI=1S/C13H15N3O2/c1-18-12-4-2-11(3-5-12)15-13(17)6-8-16-9-7-14-10-16/h2-5,7,9-10H,6,8H2,1H3,(H,15,17). The summed E-state index contributed by atoms with van der Waals surface area (Å²) in [5.74, 6) is 0.750. The van der Waals surface area contributed by atoms with Crippen molar-refractivity contribution in [3.63, 3.8) is 0 Å². The number of nitrogens with one attached hydrogen (secondary N) is 1. The fourth-order valence-electron chi connectivity index (χ4n) is 1.55. The predicted octanol–water partition coefficient (Wildman–Crippen LogP) is 1.92. The van der Waals surface area contributed by atoms with Gasteiger partial charge in [0.05, 0.1) is 13.4 Å². The first-order valence-electron chi connectivity index (χ1n) is 5.67. The molecule has 1 amide bonds. The maximum atomic E-state index is 11.7. The molecule has 0 fully saturated rings. The van der Waals surface area contributed by atoms with Crippen LogP contribution in [-0.2, 0) is 11.3 Å². The number of aromatic nitrogens is 2. The van der Waals surface area contributed by atoms with E-state index in [1.165, 1.54) is 0 Å². The molecule has 0 aliphatic heterocycles. The van der Waals surface area contributed by atoms with Crippen molar-refractivity contribution in [3.8, 4) is 5.75 Å². The second-order valence-electron chi connectivity index (χ2n) is 3.83. The Morgan fingerprint density at radius 2 is 2.17 bits per heavy atom. The number of anilines is 1. The van der Waals surface area contributed by atoms with Crippen molar-refractivity contribution in [2.24, 2.45) is 0 Å². The van der Waals surface area contributed by atoms with Crippen molar-refractivity contribution in [2.75, 3.05) is 12.4 Å². The summed E-state index contributed by atoms with van der Waals surface area (Å²) >= 11 is 0. The molecule has 1 N–H and O–H groups in total. The van der Waals surface area contributed by atoms with Gasteiger partial charge in [-0.2, -0.15) is 0 Å². The van der Waals surface area contributed by atoms with E-state index in [4.69, 9.17) is 4.74 Å². The van der Waals surface area contributed by atoms with Crippen molar-refractivity contribution in [1.29, 1.82) is 0 Å². The topological polar surface area (TPSA) is 56.1 Å². The molecule has 18 heavy (non-hydrogen) atoms. The van der Waals surface area contributed by atoms with Crippen molar-refractivity contribution in [3.05, 3.63) is 43.0 Å². The van der Waals surface area contributed by atoms with Crippen molar-refractivity contribution < 1.29 is 9.53 Å². The Bertz CT molecular complexity index is 491. The third-order valence-corrected chi connectivity index (χ3v) is 2.53. The summed E-state index contributed by atoms with van der Waals surface area (Å²) in [4.78, 5) is 15.6. The highest BCUT2D eigenvalue weighted by atomic mass is 16.5. The van der Waals surface area contributed by atoms with Crippen molar-refractivity contribution >= 4 is 11.6 Å². The number of imidazole rings is 1. The van der Waals surface area contributed by atoms with Gasteiger partial charge in [-0.15, -0.1) is 0 Å². The molecule has 1 aromatic carbocycles. The molecule has 0 saturated heterocycles. The van der Waals surface area contributed by atoms with E-state index in [1.807, 2.05) is 35.0 Å². The lowest BCUT2D eigenvalue weighted by Crippen LogP contribution is -2.13. The molecule has 2 rings (SSSR count). The second kappa shape index (κ2) is 5.86. The van der Waals surface area contributed by atoms with Gasteiger partial charge >= 0.3 is 0 Å². The molecule has 1 aromatic heterocycles. The Morgan fingerprint density at radius 1 is 1.39 bits per heavy atom. The minimum absolute atomic E-state index is 0.0196. The molecule has 2 aromatic rings. The summed E-state index contributed by atoms with van der Waals surface area (Å²) in [6, 6.07) is 7.25. The zero-order valence-electron chi connectivity index (χ0n) is 10.2. The zero-order chi connectivity index (χ0) is 12.8. The molecule has 0 spiro atoms. The van der Waals surface area contributed by atoms with Gasteiger partial charge in [-0.05, 0) is 24.3 Å². The van der Waals surface area contributed by atoms with Crippen LogP contribution >= 0.6 is 0 Å². The Kier molecular flexibility index (Phi) is 3.96. The Hall–Kier alpha value is -2.30. The van der Waals surface area contributed by atoms with Crippen molar-refractivity contribution in [1.82, 2.24) is 9.55 Å². The molecule has 0 radical (unpaired) electrons. The van der Waals surface area contributed by atoms with Crippen LogP contribution in [0, 0.1) is 0 Å². The summed E-state index contributed by atoms with van der Waals surface area (Å²) in [6.07, 6.45) is 5.64. The highest BCUT2D eigenvalue weighted by Gasteiger charge is 2.02. The average Bonchev–Trinajstić information content (AvgIpc) is 2.90. The number of rotatable bonds is 5. The summed E-state index contributed by atoms with van der Waals surface area (Å²) < 4.78 is 6.92. The third-order valence-electron chi connectivity index (χ3n) is 2.53. The molecule has 94 valence electrons. The van der Waals surface area contributed by atoms with Crippen LogP contribution in [0.25, 0.3) is 0 Å². The summed E-state index contributed by atoms with van der Waals surface area (Å²) in [5, 5.41) is 2.83. The van der Waals surface area contributed by atoms with E-state index >= 15 is 0 Å². The number of methoxy groups -OCH3 is 1. The lowest BCUT2D eigenvalue weighted by molar-refractivity contribution is -0.116. The fraction of sp³-hybridized carbons (Fsp3) is 0.231. The smallest absolute Gasteiger partial charge is 0.226 e. The van der Waals surface area contributed by atoms with Crippen LogP contribution in [0.2, 0.25) is 0 Å². The number of nitrogens with zero attached hydrogens (tertiary/aromatic N) is 2. The largest absolute Gasteiger partial charge is 0.497 e. The number of hydrogen-bond donors (Lipinski definition) is 1. The molecule has 0 atom stereocenters. The number of carbonyl (C=O) groups is 1. The van der Waals surface area contributed by atoms with E-state index in [1.54, 1.807) is 19.6 Å². The maximum absolute atomic E-state index is 11.7. The molecule has 0 aliphatic rings. The maximum Gasteiger partial charge on any atom is 0.226 e. The number of benzene rings is 1.